The predicted molar refractivity (Wildman–Crippen MR) is 99.1 cm³/mol. The number of likely N-dealkylation sites (tertiary alicyclic amines) is 2. The van der Waals surface area contributed by atoms with Crippen molar-refractivity contribution >= 4 is 17.6 Å². The number of hydrogen-bond acceptors (Lipinski definition) is 4. The number of anilines is 1. The summed E-state index contributed by atoms with van der Waals surface area (Å²) in [6.07, 6.45) is -2.75. The van der Waals surface area contributed by atoms with Gasteiger partial charge >= 0.3 is 6.18 Å². The van der Waals surface area contributed by atoms with Gasteiger partial charge in [0.25, 0.3) is 0 Å². The fourth-order valence-electron chi connectivity index (χ4n) is 4.86. The third kappa shape index (κ3) is 3.81. The van der Waals surface area contributed by atoms with Crippen LogP contribution in [0.15, 0.2) is 6.07 Å². The summed E-state index contributed by atoms with van der Waals surface area (Å²) in [6, 6.07) is -0.408. The molecule has 2 amide bonds. The van der Waals surface area contributed by atoms with Crippen molar-refractivity contribution < 1.29 is 22.8 Å². The monoisotopic (exact) mass is 413 g/mol. The van der Waals surface area contributed by atoms with Crippen molar-refractivity contribution in [3.05, 3.63) is 11.8 Å². The SMILES string of the molecule is Cc1cc2n(n1)[C@@H](C(F)(F)F)C[C@@H](C1CCCN(C(=O)C3CC(=O)N(C)C3)C1)N2. The molecule has 160 valence electrons. The minimum absolute atomic E-state index is 0.0393. The summed E-state index contributed by atoms with van der Waals surface area (Å²) < 4.78 is 42.0. The molecule has 1 aromatic heterocycles. The fraction of sp³-hybridized carbons (Fsp3) is 0.737. The van der Waals surface area contributed by atoms with Gasteiger partial charge in [-0.25, -0.2) is 4.68 Å². The van der Waals surface area contributed by atoms with Crippen LogP contribution in [0.5, 0.6) is 0 Å². The summed E-state index contributed by atoms with van der Waals surface area (Å²) in [5.41, 5.74) is 0.540. The second kappa shape index (κ2) is 7.21. The van der Waals surface area contributed by atoms with Gasteiger partial charge in [-0.3, -0.25) is 9.59 Å². The standard InChI is InChI=1S/C19H26F3N5O2/c1-11-6-16-23-14(8-15(19(20,21)22)27(16)24-11)12-4-3-5-26(10-12)18(29)13-7-17(28)25(2)9-13/h6,12-15,23H,3-5,7-10H2,1-2H3/t12?,13?,14-,15+/m0/s1. The number of rotatable bonds is 2. The number of halogens is 3. The maximum absolute atomic E-state index is 13.7. The van der Waals surface area contributed by atoms with Crippen LogP contribution in [0.3, 0.4) is 0 Å². The smallest absolute Gasteiger partial charge is 0.367 e. The molecule has 7 nitrogen and oxygen atoms in total. The Labute approximate surface area is 167 Å². The molecule has 0 radical (unpaired) electrons. The molecule has 10 heteroatoms. The normalized spacial score (nSPS) is 30.3. The molecule has 3 aliphatic rings. The second-order valence-corrected chi connectivity index (χ2v) is 8.52. The topological polar surface area (TPSA) is 70.5 Å². The van der Waals surface area contributed by atoms with Gasteiger partial charge in [0.2, 0.25) is 11.8 Å². The van der Waals surface area contributed by atoms with E-state index in [0.717, 1.165) is 17.5 Å². The molecule has 1 aromatic rings. The summed E-state index contributed by atoms with van der Waals surface area (Å²) >= 11 is 0. The van der Waals surface area contributed by atoms with E-state index in [9.17, 15) is 22.8 Å². The Kier molecular flexibility index (Phi) is 4.98. The van der Waals surface area contributed by atoms with Gasteiger partial charge in [-0.05, 0) is 32.1 Å². The zero-order valence-electron chi connectivity index (χ0n) is 16.6. The van der Waals surface area contributed by atoms with Crippen LogP contribution in [0.4, 0.5) is 19.0 Å². The lowest BCUT2D eigenvalue weighted by Gasteiger charge is -2.42. The first kappa shape index (κ1) is 20.0. The molecule has 29 heavy (non-hydrogen) atoms. The van der Waals surface area contributed by atoms with Gasteiger partial charge in [0.05, 0.1) is 11.6 Å². The first-order valence-corrected chi connectivity index (χ1v) is 10.1. The van der Waals surface area contributed by atoms with Crippen molar-refractivity contribution in [2.45, 2.75) is 50.9 Å². The first-order valence-electron chi connectivity index (χ1n) is 10.1. The van der Waals surface area contributed by atoms with Crippen molar-refractivity contribution in [3.63, 3.8) is 0 Å². The zero-order chi connectivity index (χ0) is 20.9. The Morgan fingerprint density at radius 2 is 2.07 bits per heavy atom. The van der Waals surface area contributed by atoms with Crippen LogP contribution in [0.2, 0.25) is 0 Å². The number of aromatic nitrogens is 2. The number of carbonyl (C=O) groups excluding carboxylic acids is 2. The molecule has 0 spiro atoms. The van der Waals surface area contributed by atoms with Gasteiger partial charge in [-0.1, -0.05) is 0 Å². The summed E-state index contributed by atoms with van der Waals surface area (Å²) in [7, 11) is 1.68. The van der Waals surface area contributed by atoms with Crippen LogP contribution >= 0.6 is 0 Å². The van der Waals surface area contributed by atoms with Crippen LogP contribution in [-0.2, 0) is 9.59 Å². The highest BCUT2D eigenvalue weighted by molar-refractivity contribution is 5.89. The third-order valence-corrected chi connectivity index (χ3v) is 6.37. The van der Waals surface area contributed by atoms with Crippen molar-refractivity contribution in [1.29, 1.82) is 0 Å². The molecule has 0 aromatic carbocycles. The molecule has 4 atom stereocenters. The van der Waals surface area contributed by atoms with E-state index in [-0.39, 0.29) is 42.5 Å². The molecule has 4 rings (SSSR count). The van der Waals surface area contributed by atoms with Gasteiger partial charge in [0.15, 0.2) is 6.04 Å². The molecule has 2 saturated heterocycles. The lowest BCUT2D eigenvalue weighted by molar-refractivity contribution is -0.175. The summed E-state index contributed by atoms with van der Waals surface area (Å²) in [5, 5.41) is 7.25. The highest BCUT2D eigenvalue weighted by atomic mass is 19.4. The van der Waals surface area contributed by atoms with Gasteiger partial charge in [0, 0.05) is 45.2 Å². The molecule has 3 aliphatic heterocycles. The number of nitrogens with one attached hydrogen (secondary N) is 1. The number of piperidine rings is 1. The van der Waals surface area contributed by atoms with Crippen LogP contribution in [0, 0.1) is 18.8 Å². The van der Waals surface area contributed by atoms with E-state index in [4.69, 9.17) is 0 Å². The van der Waals surface area contributed by atoms with Crippen LogP contribution in [0.1, 0.15) is 37.4 Å². The average molecular weight is 413 g/mol. The highest BCUT2D eigenvalue weighted by Gasteiger charge is 2.48. The highest BCUT2D eigenvalue weighted by Crippen LogP contribution is 2.42. The number of nitrogens with zero attached hydrogens (tertiary/aromatic N) is 4. The van der Waals surface area contributed by atoms with Gasteiger partial charge in [0.1, 0.15) is 5.82 Å². The second-order valence-electron chi connectivity index (χ2n) is 8.52. The summed E-state index contributed by atoms with van der Waals surface area (Å²) in [4.78, 5) is 27.9. The Morgan fingerprint density at radius 3 is 2.72 bits per heavy atom. The van der Waals surface area contributed by atoms with Crippen molar-refractivity contribution in [2.24, 2.45) is 11.8 Å². The fourth-order valence-corrected chi connectivity index (χ4v) is 4.86. The first-order chi connectivity index (χ1) is 13.6. The van der Waals surface area contributed by atoms with Gasteiger partial charge < -0.3 is 15.1 Å². The van der Waals surface area contributed by atoms with Crippen LogP contribution in [-0.4, -0.2) is 70.3 Å². The molecule has 2 fully saturated rings. The average Bonchev–Trinajstić information content (AvgIpc) is 3.20. The number of aryl methyl sites for hydroxylation is 1. The van der Waals surface area contributed by atoms with Crippen molar-refractivity contribution in [1.82, 2.24) is 19.6 Å². The van der Waals surface area contributed by atoms with E-state index in [2.05, 4.69) is 10.4 Å². The minimum Gasteiger partial charge on any atom is -0.367 e. The lowest BCUT2D eigenvalue weighted by Crippen LogP contribution is -2.50. The van der Waals surface area contributed by atoms with E-state index in [1.807, 2.05) is 0 Å². The van der Waals surface area contributed by atoms with E-state index >= 15 is 0 Å². The minimum atomic E-state index is -4.38. The Morgan fingerprint density at radius 1 is 1.31 bits per heavy atom. The molecule has 0 saturated carbocycles. The van der Waals surface area contributed by atoms with Gasteiger partial charge in [-0.2, -0.15) is 18.3 Å². The van der Waals surface area contributed by atoms with Crippen molar-refractivity contribution in [3.8, 4) is 0 Å². The van der Waals surface area contributed by atoms with E-state index < -0.39 is 12.2 Å². The Hall–Kier alpha value is -2.26. The number of alkyl halides is 3. The molecule has 4 heterocycles. The van der Waals surface area contributed by atoms with Gasteiger partial charge in [-0.15, -0.1) is 0 Å². The van der Waals surface area contributed by atoms with Crippen LogP contribution in [0.25, 0.3) is 0 Å². The number of carbonyl (C=O) groups is 2. The number of amides is 2. The number of hydrogen-bond donors (Lipinski definition) is 1. The van der Waals surface area contributed by atoms with E-state index in [1.165, 1.54) is 0 Å². The molecule has 2 unspecified atom stereocenters. The molecule has 0 bridgehead atoms. The maximum Gasteiger partial charge on any atom is 0.410 e. The van der Waals surface area contributed by atoms with E-state index in [0.29, 0.717) is 31.1 Å². The summed E-state index contributed by atoms with van der Waals surface area (Å²) in [5.74, 6) is -0.138. The molecular formula is C19H26F3N5O2. The quantitative estimate of drug-likeness (QED) is 0.807. The predicted octanol–water partition coefficient (Wildman–Crippen LogP) is 2.20. The number of fused-ring (bicyclic) bond motifs is 1. The Bertz CT molecular complexity index is 808. The lowest BCUT2D eigenvalue weighted by atomic mass is 9.85. The largest absolute Gasteiger partial charge is 0.410 e. The third-order valence-electron chi connectivity index (χ3n) is 6.37. The van der Waals surface area contributed by atoms with E-state index in [1.54, 1.807) is 29.8 Å². The Balaban J connectivity index is 1.48. The van der Waals surface area contributed by atoms with Crippen LogP contribution < -0.4 is 5.32 Å². The molecule has 0 aliphatic carbocycles. The maximum atomic E-state index is 13.7. The molecular weight excluding hydrogens is 387 g/mol. The zero-order valence-corrected chi connectivity index (χ0v) is 16.6. The molecule has 1 N–H and O–H groups in total. The summed E-state index contributed by atoms with van der Waals surface area (Å²) in [6.45, 7) is 3.10. The van der Waals surface area contributed by atoms with Crippen molar-refractivity contribution in [2.75, 3.05) is 32.0 Å².